The molecule has 0 aromatic rings. The Morgan fingerprint density at radius 2 is 2.36 bits per heavy atom. The maximum Gasteiger partial charge on any atom is 0.327 e. The van der Waals surface area contributed by atoms with Gasteiger partial charge in [0, 0.05) is 6.54 Å². The molecular formula is C7H10N2O2. The molecule has 1 aliphatic rings. The van der Waals surface area contributed by atoms with Crippen molar-refractivity contribution in [3.63, 3.8) is 0 Å². The molecule has 0 aromatic carbocycles. The summed E-state index contributed by atoms with van der Waals surface area (Å²) in [5, 5.41) is 17.2. The van der Waals surface area contributed by atoms with Crippen molar-refractivity contribution in [3.8, 4) is 6.19 Å². The molecule has 0 saturated carbocycles. The van der Waals surface area contributed by atoms with Crippen LogP contribution in [-0.4, -0.2) is 28.6 Å². The van der Waals surface area contributed by atoms with E-state index in [1.807, 2.05) is 6.19 Å². The standard InChI is InChI=1S/C7H10N2O2/c8-5-9-4-2-1-3-6(9)7(10)11/h6H,1-4H2,(H,10,11). The third-order valence-electron chi connectivity index (χ3n) is 1.92. The molecule has 0 spiro atoms. The van der Waals surface area contributed by atoms with E-state index < -0.39 is 12.0 Å². The van der Waals surface area contributed by atoms with Crippen molar-refractivity contribution in [2.45, 2.75) is 25.3 Å². The fourth-order valence-electron chi connectivity index (χ4n) is 1.31. The first kappa shape index (κ1) is 7.86. The van der Waals surface area contributed by atoms with E-state index in [0.29, 0.717) is 13.0 Å². The van der Waals surface area contributed by atoms with Crippen molar-refractivity contribution in [2.75, 3.05) is 6.54 Å². The fourth-order valence-corrected chi connectivity index (χ4v) is 1.31. The molecule has 1 aliphatic heterocycles. The number of piperidine rings is 1. The molecule has 1 fully saturated rings. The quantitative estimate of drug-likeness (QED) is 0.555. The molecule has 1 N–H and O–H groups in total. The summed E-state index contributed by atoms with van der Waals surface area (Å²) in [4.78, 5) is 11.9. The highest BCUT2D eigenvalue weighted by atomic mass is 16.4. The van der Waals surface area contributed by atoms with E-state index in [1.165, 1.54) is 4.90 Å². The summed E-state index contributed by atoms with van der Waals surface area (Å²) in [6.45, 7) is 0.591. The molecule has 1 unspecified atom stereocenters. The number of carboxylic acids is 1. The summed E-state index contributed by atoms with van der Waals surface area (Å²) in [5.74, 6) is -0.883. The molecule has 1 heterocycles. The second-order valence-corrected chi connectivity index (χ2v) is 2.64. The lowest BCUT2D eigenvalue weighted by Crippen LogP contribution is -2.41. The van der Waals surface area contributed by atoms with E-state index in [1.54, 1.807) is 0 Å². The number of nitrogens with zero attached hydrogens (tertiary/aromatic N) is 2. The van der Waals surface area contributed by atoms with Crippen LogP contribution in [0, 0.1) is 11.5 Å². The average molecular weight is 154 g/mol. The van der Waals surface area contributed by atoms with Crippen LogP contribution in [0.1, 0.15) is 19.3 Å². The zero-order chi connectivity index (χ0) is 8.27. The number of hydrogen-bond donors (Lipinski definition) is 1. The van der Waals surface area contributed by atoms with Gasteiger partial charge in [0.05, 0.1) is 0 Å². The van der Waals surface area contributed by atoms with Gasteiger partial charge in [0.2, 0.25) is 0 Å². The minimum atomic E-state index is -0.883. The molecule has 11 heavy (non-hydrogen) atoms. The Kier molecular flexibility index (Phi) is 2.32. The molecule has 1 rings (SSSR count). The van der Waals surface area contributed by atoms with E-state index in [2.05, 4.69) is 0 Å². The fraction of sp³-hybridized carbons (Fsp3) is 0.714. The van der Waals surface area contributed by atoms with Crippen molar-refractivity contribution in [1.29, 1.82) is 5.26 Å². The summed E-state index contributed by atoms with van der Waals surface area (Å²) in [5.41, 5.74) is 0. The van der Waals surface area contributed by atoms with Crippen molar-refractivity contribution >= 4 is 5.97 Å². The Morgan fingerprint density at radius 3 is 2.82 bits per heavy atom. The second kappa shape index (κ2) is 3.24. The molecule has 0 aliphatic carbocycles. The molecule has 0 bridgehead atoms. The zero-order valence-electron chi connectivity index (χ0n) is 6.16. The van der Waals surface area contributed by atoms with Crippen LogP contribution in [-0.2, 0) is 4.79 Å². The molecular weight excluding hydrogens is 144 g/mol. The van der Waals surface area contributed by atoms with Crippen molar-refractivity contribution in [2.24, 2.45) is 0 Å². The minimum Gasteiger partial charge on any atom is -0.480 e. The van der Waals surface area contributed by atoms with Crippen molar-refractivity contribution < 1.29 is 9.90 Å². The summed E-state index contributed by atoms with van der Waals surface area (Å²) in [6, 6.07) is -0.575. The third-order valence-corrected chi connectivity index (χ3v) is 1.92. The molecule has 1 atom stereocenters. The monoisotopic (exact) mass is 154 g/mol. The van der Waals surface area contributed by atoms with Gasteiger partial charge in [0.25, 0.3) is 0 Å². The maximum absolute atomic E-state index is 10.5. The highest BCUT2D eigenvalue weighted by Crippen LogP contribution is 2.15. The summed E-state index contributed by atoms with van der Waals surface area (Å²) in [7, 11) is 0. The van der Waals surface area contributed by atoms with Gasteiger partial charge in [-0.3, -0.25) is 4.90 Å². The molecule has 4 nitrogen and oxygen atoms in total. The van der Waals surface area contributed by atoms with Gasteiger partial charge in [-0.25, -0.2) is 4.79 Å². The number of nitriles is 1. The van der Waals surface area contributed by atoms with Crippen LogP contribution in [0.4, 0.5) is 0 Å². The average Bonchev–Trinajstić information content (AvgIpc) is 2.04. The van der Waals surface area contributed by atoms with Gasteiger partial charge in [-0.1, -0.05) is 0 Å². The topological polar surface area (TPSA) is 64.3 Å². The van der Waals surface area contributed by atoms with Crippen molar-refractivity contribution in [1.82, 2.24) is 4.90 Å². The molecule has 4 heteroatoms. The van der Waals surface area contributed by atoms with E-state index in [9.17, 15) is 4.79 Å². The highest BCUT2D eigenvalue weighted by molar-refractivity contribution is 5.73. The Labute approximate surface area is 65.0 Å². The first-order chi connectivity index (χ1) is 5.25. The highest BCUT2D eigenvalue weighted by Gasteiger charge is 2.27. The number of hydrogen-bond acceptors (Lipinski definition) is 3. The molecule has 0 amide bonds. The first-order valence-electron chi connectivity index (χ1n) is 3.65. The molecule has 1 saturated heterocycles. The van der Waals surface area contributed by atoms with E-state index >= 15 is 0 Å². The molecule has 60 valence electrons. The smallest absolute Gasteiger partial charge is 0.327 e. The Hall–Kier alpha value is -1.24. The van der Waals surface area contributed by atoms with Gasteiger partial charge in [-0.2, -0.15) is 5.26 Å². The zero-order valence-corrected chi connectivity index (χ0v) is 6.16. The SMILES string of the molecule is N#CN1CCCCC1C(=O)O. The number of aliphatic carboxylic acids is 1. The van der Waals surface area contributed by atoms with Gasteiger partial charge in [-0.15, -0.1) is 0 Å². The van der Waals surface area contributed by atoms with Gasteiger partial charge in [0.1, 0.15) is 6.04 Å². The first-order valence-corrected chi connectivity index (χ1v) is 3.65. The number of carboxylic acid groups (broad SMARTS) is 1. The summed E-state index contributed by atoms with van der Waals surface area (Å²) in [6.07, 6.45) is 4.33. The lowest BCUT2D eigenvalue weighted by Gasteiger charge is -2.27. The lowest BCUT2D eigenvalue weighted by atomic mass is 10.0. The van der Waals surface area contributed by atoms with Crippen molar-refractivity contribution in [3.05, 3.63) is 0 Å². The molecule has 0 aromatic heterocycles. The summed E-state index contributed by atoms with van der Waals surface area (Å²) >= 11 is 0. The van der Waals surface area contributed by atoms with E-state index in [4.69, 9.17) is 10.4 Å². The van der Waals surface area contributed by atoms with Crippen LogP contribution in [0.5, 0.6) is 0 Å². The largest absolute Gasteiger partial charge is 0.480 e. The number of rotatable bonds is 1. The van der Waals surface area contributed by atoms with Crippen LogP contribution in [0.2, 0.25) is 0 Å². The Morgan fingerprint density at radius 1 is 1.64 bits per heavy atom. The van der Waals surface area contributed by atoms with Crippen LogP contribution >= 0.6 is 0 Å². The predicted molar refractivity (Wildman–Crippen MR) is 37.6 cm³/mol. The van der Waals surface area contributed by atoms with E-state index in [-0.39, 0.29) is 0 Å². The second-order valence-electron chi connectivity index (χ2n) is 2.64. The van der Waals surface area contributed by atoms with Crippen LogP contribution in [0.15, 0.2) is 0 Å². The van der Waals surface area contributed by atoms with Gasteiger partial charge < -0.3 is 5.11 Å². The Balaban J connectivity index is 2.60. The lowest BCUT2D eigenvalue weighted by molar-refractivity contribution is -0.143. The number of carbonyl (C=O) groups is 1. The normalized spacial score (nSPS) is 24.3. The molecule has 0 radical (unpaired) electrons. The third kappa shape index (κ3) is 1.61. The maximum atomic E-state index is 10.5. The van der Waals surface area contributed by atoms with Gasteiger partial charge in [-0.05, 0) is 19.3 Å². The van der Waals surface area contributed by atoms with Gasteiger partial charge >= 0.3 is 5.97 Å². The Bertz CT molecular complexity index is 197. The summed E-state index contributed by atoms with van der Waals surface area (Å²) < 4.78 is 0. The number of likely N-dealkylation sites (tertiary alicyclic amines) is 1. The van der Waals surface area contributed by atoms with Crippen LogP contribution < -0.4 is 0 Å². The van der Waals surface area contributed by atoms with Crippen LogP contribution in [0.25, 0.3) is 0 Å². The minimum absolute atomic E-state index is 0.575. The van der Waals surface area contributed by atoms with E-state index in [0.717, 1.165) is 12.8 Å². The van der Waals surface area contributed by atoms with Crippen LogP contribution in [0.3, 0.4) is 0 Å². The van der Waals surface area contributed by atoms with Gasteiger partial charge in [0.15, 0.2) is 6.19 Å². The predicted octanol–water partition coefficient (Wildman–Crippen LogP) is 0.407.